The first kappa shape index (κ1) is 15.2. The average Bonchev–Trinajstić information content (AvgIpc) is 2.32. The summed E-state index contributed by atoms with van der Waals surface area (Å²) in [5.41, 5.74) is -0.195. The number of phenolic OH excluding ortho intramolecular Hbond substituents is 1. The van der Waals surface area contributed by atoms with Crippen LogP contribution in [-0.4, -0.2) is 28.3 Å². The molecule has 0 saturated carbocycles. The van der Waals surface area contributed by atoms with Crippen LogP contribution in [0.15, 0.2) is 18.2 Å². The van der Waals surface area contributed by atoms with Crippen molar-refractivity contribution in [2.45, 2.75) is 32.2 Å². The van der Waals surface area contributed by atoms with Gasteiger partial charge in [-0.15, -0.1) is 0 Å². The molecule has 1 unspecified atom stereocenters. The van der Waals surface area contributed by atoms with Gasteiger partial charge in [-0.2, -0.15) is 0 Å². The maximum atomic E-state index is 12.1. The van der Waals surface area contributed by atoms with Crippen molar-refractivity contribution in [1.82, 2.24) is 5.32 Å². The van der Waals surface area contributed by atoms with E-state index in [1.165, 1.54) is 6.07 Å². The Hall–Kier alpha value is -0.820. The first-order chi connectivity index (χ1) is 8.41. The molecule has 0 aromatic heterocycles. The molecule has 0 radical (unpaired) electrons. The fraction of sp³-hybridized carbons (Fsp3) is 0.462. The lowest BCUT2D eigenvalue weighted by Gasteiger charge is -2.29. The third-order valence-electron chi connectivity index (χ3n) is 3.06. The number of aliphatic hydroxyl groups excluding tert-OH is 1. The summed E-state index contributed by atoms with van der Waals surface area (Å²) < 4.78 is 0.885. The summed E-state index contributed by atoms with van der Waals surface area (Å²) in [6.07, 6.45) is 1.20. The van der Waals surface area contributed by atoms with E-state index in [-0.39, 0.29) is 23.8 Å². The summed E-state index contributed by atoms with van der Waals surface area (Å²) in [6, 6.07) is 4.88. The Morgan fingerprint density at radius 2 is 2.17 bits per heavy atom. The Morgan fingerprint density at radius 3 is 2.72 bits per heavy atom. The molecule has 18 heavy (non-hydrogen) atoms. The number of halogens is 1. The van der Waals surface area contributed by atoms with Crippen molar-refractivity contribution in [3.8, 4) is 5.75 Å². The number of aromatic hydroxyl groups is 1. The smallest absolute Gasteiger partial charge is 0.255 e. The summed E-state index contributed by atoms with van der Waals surface area (Å²) in [6.45, 7) is 3.85. The third-order valence-corrected chi connectivity index (χ3v) is 3.73. The number of rotatable bonds is 5. The summed E-state index contributed by atoms with van der Waals surface area (Å²) in [7, 11) is 0. The van der Waals surface area contributed by atoms with Crippen LogP contribution in [-0.2, 0) is 0 Å². The summed E-state index contributed by atoms with van der Waals surface area (Å²) >= 11 is 2.09. The molecule has 1 aromatic rings. The van der Waals surface area contributed by atoms with E-state index in [0.717, 1.165) is 3.57 Å². The van der Waals surface area contributed by atoms with Gasteiger partial charge in [0.25, 0.3) is 5.91 Å². The van der Waals surface area contributed by atoms with Crippen molar-refractivity contribution in [2.24, 2.45) is 0 Å². The fourth-order valence-electron chi connectivity index (χ4n) is 1.61. The van der Waals surface area contributed by atoms with Crippen molar-refractivity contribution in [2.75, 3.05) is 6.61 Å². The van der Waals surface area contributed by atoms with E-state index in [0.29, 0.717) is 12.8 Å². The molecule has 0 saturated heterocycles. The number of carbonyl (C=O) groups excluding carboxylic acids is 1. The van der Waals surface area contributed by atoms with Gasteiger partial charge in [0.2, 0.25) is 0 Å². The maximum Gasteiger partial charge on any atom is 0.255 e. The molecule has 3 N–H and O–H groups in total. The van der Waals surface area contributed by atoms with E-state index in [2.05, 4.69) is 27.9 Å². The lowest BCUT2D eigenvalue weighted by Crippen LogP contribution is -2.46. The zero-order valence-electron chi connectivity index (χ0n) is 10.5. The van der Waals surface area contributed by atoms with Gasteiger partial charge in [0, 0.05) is 15.7 Å². The Morgan fingerprint density at radius 1 is 1.50 bits per heavy atom. The first-order valence-electron chi connectivity index (χ1n) is 5.84. The van der Waals surface area contributed by atoms with Crippen molar-refractivity contribution in [3.63, 3.8) is 0 Å². The zero-order valence-corrected chi connectivity index (χ0v) is 12.7. The Bertz CT molecular complexity index is 436. The van der Waals surface area contributed by atoms with Crippen LogP contribution in [0.5, 0.6) is 5.75 Å². The summed E-state index contributed by atoms with van der Waals surface area (Å²) in [5.74, 6) is -0.348. The van der Waals surface area contributed by atoms with Crippen LogP contribution in [0.3, 0.4) is 0 Å². The highest BCUT2D eigenvalue weighted by Gasteiger charge is 2.25. The van der Waals surface area contributed by atoms with Crippen LogP contribution in [0.1, 0.15) is 37.0 Å². The van der Waals surface area contributed by atoms with Crippen LogP contribution >= 0.6 is 22.6 Å². The molecule has 100 valence electrons. The van der Waals surface area contributed by atoms with Crippen LogP contribution in [0.2, 0.25) is 0 Å². The van der Waals surface area contributed by atoms with E-state index in [1.807, 2.05) is 13.8 Å². The number of amides is 1. The summed E-state index contributed by atoms with van der Waals surface area (Å²) in [5, 5.41) is 21.6. The molecule has 1 amide bonds. The van der Waals surface area contributed by atoms with Crippen molar-refractivity contribution in [3.05, 3.63) is 27.3 Å². The zero-order chi connectivity index (χ0) is 13.8. The van der Waals surface area contributed by atoms with E-state index >= 15 is 0 Å². The molecule has 0 spiro atoms. The van der Waals surface area contributed by atoms with E-state index in [4.69, 9.17) is 5.11 Å². The van der Waals surface area contributed by atoms with Crippen LogP contribution in [0, 0.1) is 3.57 Å². The number of hydrogen-bond donors (Lipinski definition) is 3. The topological polar surface area (TPSA) is 69.6 Å². The van der Waals surface area contributed by atoms with Gasteiger partial charge in [-0.05, 0) is 60.6 Å². The second kappa shape index (κ2) is 6.38. The molecule has 5 heteroatoms. The Balaban J connectivity index is 2.90. The van der Waals surface area contributed by atoms with Gasteiger partial charge in [0.05, 0.1) is 5.56 Å². The SMILES string of the molecule is CCC(C)(CCO)NC(=O)c1cc(I)ccc1O. The van der Waals surface area contributed by atoms with Gasteiger partial charge in [-0.25, -0.2) is 0 Å². The molecular formula is C13H18INO3. The van der Waals surface area contributed by atoms with Crippen LogP contribution in [0.25, 0.3) is 0 Å². The number of benzene rings is 1. The first-order valence-corrected chi connectivity index (χ1v) is 6.91. The van der Waals surface area contributed by atoms with E-state index in [9.17, 15) is 9.90 Å². The number of nitrogens with one attached hydrogen (secondary N) is 1. The fourth-order valence-corrected chi connectivity index (χ4v) is 2.10. The van der Waals surface area contributed by atoms with Gasteiger partial charge in [-0.1, -0.05) is 6.92 Å². The normalized spacial score (nSPS) is 14.0. The molecular weight excluding hydrogens is 345 g/mol. The molecule has 4 nitrogen and oxygen atoms in total. The predicted molar refractivity (Wildman–Crippen MR) is 78.7 cm³/mol. The monoisotopic (exact) mass is 363 g/mol. The second-order valence-electron chi connectivity index (χ2n) is 4.50. The Labute approximate surface area is 121 Å². The van der Waals surface area contributed by atoms with Crippen molar-refractivity contribution < 1.29 is 15.0 Å². The highest BCUT2D eigenvalue weighted by atomic mass is 127. The number of carbonyl (C=O) groups is 1. The molecule has 1 aromatic carbocycles. The summed E-state index contributed by atoms with van der Waals surface area (Å²) in [4.78, 5) is 12.1. The molecule has 0 aliphatic carbocycles. The average molecular weight is 363 g/mol. The van der Waals surface area contributed by atoms with Crippen LogP contribution < -0.4 is 5.32 Å². The highest BCUT2D eigenvalue weighted by Crippen LogP contribution is 2.22. The van der Waals surface area contributed by atoms with Gasteiger partial charge >= 0.3 is 0 Å². The lowest BCUT2D eigenvalue weighted by atomic mass is 9.94. The minimum atomic E-state index is -0.459. The lowest BCUT2D eigenvalue weighted by molar-refractivity contribution is 0.0883. The number of aliphatic hydroxyl groups is 1. The van der Waals surface area contributed by atoms with Gasteiger partial charge in [0.1, 0.15) is 5.75 Å². The van der Waals surface area contributed by atoms with Gasteiger partial charge < -0.3 is 15.5 Å². The minimum absolute atomic E-state index is 0.0168. The van der Waals surface area contributed by atoms with E-state index in [1.54, 1.807) is 12.1 Å². The van der Waals surface area contributed by atoms with Crippen molar-refractivity contribution >= 4 is 28.5 Å². The standard InChI is InChI=1S/C13H18INO3/c1-3-13(2,6-7-16)15-12(18)10-8-9(14)4-5-11(10)17/h4-5,8,16-17H,3,6-7H2,1-2H3,(H,15,18). The molecule has 1 rings (SSSR count). The number of phenols is 1. The maximum absolute atomic E-state index is 12.1. The largest absolute Gasteiger partial charge is 0.507 e. The van der Waals surface area contributed by atoms with Crippen LogP contribution in [0.4, 0.5) is 0 Å². The molecule has 1 atom stereocenters. The number of hydrogen-bond acceptors (Lipinski definition) is 3. The molecule has 0 aliphatic rings. The van der Waals surface area contributed by atoms with Gasteiger partial charge in [-0.3, -0.25) is 4.79 Å². The minimum Gasteiger partial charge on any atom is -0.507 e. The van der Waals surface area contributed by atoms with E-state index < -0.39 is 5.54 Å². The molecule has 0 heterocycles. The highest BCUT2D eigenvalue weighted by molar-refractivity contribution is 14.1. The quantitative estimate of drug-likeness (QED) is 0.703. The molecule has 0 fully saturated rings. The van der Waals surface area contributed by atoms with Crippen molar-refractivity contribution in [1.29, 1.82) is 0 Å². The molecule has 0 aliphatic heterocycles. The Kier molecular flexibility index (Phi) is 5.40. The second-order valence-corrected chi connectivity index (χ2v) is 5.75. The third kappa shape index (κ3) is 3.84. The van der Waals surface area contributed by atoms with Gasteiger partial charge in [0.15, 0.2) is 0 Å². The predicted octanol–water partition coefficient (Wildman–Crippen LogP) is 2.28. The molecule has 0 bridgehead atoms.